The summed E-state index contributed by atoms with van der Waals surface area (Å²) < 4.78 is 16.3. The van der Waals surface area contributed by atoms with Gasteiger partial charge in [-0.2, -0.15) is 10.5 Å². The molecule has 2 aliphatic heterocycles. The van der Waals surface area contributed by atoms with Gasteiger partial charge in [0.2, 0.25) is 0 Å². The summed E-state index contributed by atoms with van der Waals surface area (Å²) in [6.45, 7) is 2.75. The minimum atomic E-state index is 0.135. The number of nitrogens with zero attached hydrogens (tertiary/aromatic N) is 3. The maximum Gasteiger partial charge on any atom is 0.143 e. The Hall–Kier alpha value is -2.78. The highest BCUT2D eigenvalue weighted by atomic mass is 32.2. The van der Waals surface area contributed by atoms with Crippen molar-refractivity contribution < 1.29 is 14.2 Å². The number of anilines is 1. The Kier molecular flexibility index (Phi) is 5.86. The van der Waals surface area contributed by atoms with Crippen LogP contribution in [0.5, 0.6) is 5.75 Å². The largest absolute Gasteiger partial charge is 0.491 e. The highest BCUT2D eigenvalue weighted by Gasteiger charge is 2.24. The van der Waals surface area contributed by atoms with Crippen LogP contribution in [0.3, 0.4) is 0 Å². The lowest BCUT2D eigenvalue weighted by molar-refractivity contribution is -0.0720. The average molecular weight is 408 g/mol. The zero-order chi connectivity index (χ0) is 20.2. The number of rotatable bonds is 7. The van der Waals surface area contributed by atoms with Crippen LogP contribution in [-0.4, -0.2) is 43.3 Å². The Labute approximate surface area is 173 Å². The van der Waals surface area contributed by atoms with Gasteiger partial charge in [0, 0.05) is 30.3 Å². The average Bonchev–Trinajstić information content (AvgIpc) is 2.65. The van der Waals surface area contributed by atoms with Gasteiger partial charge in [0.25, 0.3) is 0 Å². The Morgan fingerprint density at radius 2 is 1.90 bits per heavy atom. The van der Waals surface area contributed by atoms with E-state index in [-0.39, 0.29) is 17.5 Å². The summed E-state index contributed by atoms with van der Waals surface area (Å²) in [6, 6.07) is 11.7. The van der Waals surface area contributed by atoms with E-state index in [1.54, 1.807) is 0 Å². The number of thioether (sulfide) groups is 1. The second kappa shape index (κ2) is 8.71. The van der Waals surface area contributed by atoms with Crippen LogP contribution in [0.25, 0.3) is 11.1 Å². The molecule has 1 aromatic heterocycles. The van der Waals surface area contributed by atoms with Gasteiger partial charge in [-0.15, -0.1) is 11.8 Å². The van der Waals surface area contributed by atoms with Crippen molar-refractivity contribution in [1.29, 1.82) is 10.5 Å². The molecule has 8 heteroatoms. The lowest BCUT2D eigenvalue weighted by Crippen LogP contribution is -2.32. The maximum absolute atomic E-state index is 9.82. The number of aromatic nitrogens is 1. The molecule has 1 aromatic carbocycles. The quantitative estimate of drug-likeness (QED) is 0.696. The van der Waals surface area contributed by atoms with E-state index < -0.39 is 0 Å². The number of ether oxygens (including phenoxy) is 3. The van der Waals surface area contributed by atoms with Gasteiger partial charge in [-0.3, -0.25) is 0 Å². The second-order valence-electron chi connectivity index (χ2n) is 6.98. The first-order valence-corrected chi connectivity index (χ1v) is 10.4. The Balaban J connectivity index is 1.62. The normalized spacial score (nSPS) is 18.2. The molecule has 0 amide bonds. The topological polar surface area (TPSA) is 114 Å². The molecule has 0 radical (unpaired) electrons. The fourth-order valence-electron chi connectivity index (χ4n) is 3.09. The predicted octanol–water partition coefficient (Wildman–Crippen LogP) is 2.98. The minimum Gasteiger partial charge on any atom is -0.491 e. The standard InChI is InChI=1S/C21H20N4O3S/c22-7-17-19(14-1-3-15(4-2-14)28-11-16-5-6-27-16)18(8-23)21(25-20(17)24)29-12-13-9-26-10-13/h1-4,13,16H,5-6,9-12H2,(H2,24,25)/t16-/m1/s1. The molecule has 2 aromatic rings. The maximum atomic E-state index is 9.82. The molecule has 0 spiro atoms. The molecule has 0 saturated carbocycles. The van der Waals surface area contributed by atoms with Crippen molar-refractivity contribution in [2.24, 2.45) is 5.92 Å². The van der Waals surface area contributed by atoms with Gasteiger partial charge in [0.15, 0.2) is 0 Å². The zero-order valence-corrected chi connectivity index (χ0v) is 16.6. The van der Waals surface area contributed by atoms with Crippen LogP contribution >= 0.6 is 11.8 Å². The molecular weight excluding hydrogens is 388 g/mol. The van der Waals surface area contributed by atoms with Gasteiger partial charge in [0.05, 0.1) is 24.9 Å². The van der Waals surface area contributed by atoms with Crippen molar-refractivity contribution in [3.8, 4) is 29.0 Å². The third-order valence-corrected chi connectivity index (χ3v) is 6.16. The summed E-state index contributed by atoms with van der Waals surface area (Å²) in [4.78, 5) is 4.33. The number of hydrogen-bond donors (Lipinski definition) is 1. The highest BCUT2D eigenvalue weighted by molar-refractivity contribution is 7.99. The smallest absolute Gasteiger partial charge is 0.143 e. The molecule has 2 N–H and O–H groups in total. The molecule has 2 aliphatic rings. The summed E-state index contributed by atoms with van der Waals surface area (Å²) >= 11 is 1.48. The molecule has 1 atom stereocenters. The SMILES string of the molecule is N#Cc1c(N)nc(SCC2COC2)c(C#N)c1-c1ccc(OC[C@H]2CCO2)cc1. The van der Waals surface area contributed by atoms with E-state index in [2.05, 4.69) is 17.1 Å². The van der Waals surface area contributed by atoms with E-state index in [0.29, 0.717) is 34.4 Å². The van der Waals surface area contributed by atoms with Gasteiger partial charge in [-0.1, -0.05) is 12.1 Å². The summed E-state index contributed by atoms with van der Waals surface area (Å²) in [5.41, 5.74) is 7.90. The number of nitrogens with two attached hydrogens (primary N) is 1. The van der Waals surface area contributed by atoms with Crippen LogP contribution in [0.15, 0.2) is 29.3 Å². The Bertz CT molecular complexity index is 973. The summed E-state index contributed by atoms with van der Waals surface area (Å²) in [6.07, 6.45) is 1.17. The van der Waals surface area contributed by atoms with E-state index in [4.69, 9.17) is 19.9 Å². The molecule has 2 fully saturated rings. The lowest BCUT2D eigenvalue weighted by atomic mass is 9.97. The summed E-state index contributed by atoms with van der Waals surface area (Å²) in [5, 5.41) is 20.0. The van der Waals surface area contributed by atoms with Crippen LogP contribution < -0.4 is 10.5 Å². The number of benzene rings is 1. The number of hydrogen-bond acceptors (Lipinski definition) is 8. The van der Waals surface area contributed by atoms with Crippen molar-refractivity contribution >= 4 is 17.6 Å². The molecule has 29 heavy (non-hydrogen) atoms. The summed E-state index contributed by atoms with van der Waals surface area (Å²) in [7, 11) is 0. The van der Waals surface area contributed by atoms with Crippen molar-refractivity contribution in [2.45, 2.75) is 17.6 Å². The van der Waals surface area contributed by atoms with Crippen LogP contribution in [0.2, 0.25) is 0 Å². The third kappa shape index (κ3) is 4.15. The van der Waals surface area contributed by atoms with E-state index >= 15 is 0 Å². The van der Waals surface area contributed by atoms with Crippen molar-refractivity contribution in [2.75, 3.05) is 37.9 Å². The number of nitrogen functional groups attached to an aromatic ring is 1. The fraction of sp³-hybridized carbons (Fsp3) is 0.381. The molecular formula is C21H20N4O3S. The van der Waals surface area contributed by atoms with E-state index in [1.165, 1.54) is 11.8 Å². The lowest BCUT2D eigenvalue weighted by Gasteiger charge is -2.26. The highest BCUT2D eigenvalue weighted by Crippen LogP contribution is 2.37. The van der Waals surface area contributed by atoms with E-state index in [1.807, 2.05) is 24.3 Å². The van der Waals surface area contributed by atoms with Gasteiger partial charge in [-0.05, 0) is 17.7 Å². The van der Waals surface area contributed by atoms with Crippen LogP contribution in [-0.2, 0) is 9.47 Å². The van der Waals surface area contributed by atoms with Crippen LogP contribution in [0.4, 0.5) is 5.82 Å². The molecule has 4 rings (SSSR count). The first-order valence-electron chi connectivity index (χ1n) is 9.38. The van der Waals surface area contributed by atoms with Crippen molar-refractivity contribution in [3.63, 3.8) is 0 Å². The van der Waals surface area contributed by atoms with E-state index in [9.17, 15) is 10.5 Å². The molecule has 0 aliphatic carbocycles. The zero-order valence-electron chi connectivity index (χ0n) is 15.8. The van der Waals surface area contributed by atoms with Crippen molar-refractivity contribution in [1.82, 2.24) is 4.98 Å². The van der Waals surface area contributed by atoms with Gasteiger partial charge in [-0.25, -0.2) is 4.98 Å². The first-order chi connectivity index (χ1) is 14.2. The fourth-order valence-corrected chi connectivity index (χ4v) is 4.13. The minimum absolute atomic E-state index is 0.135. The molecule has 148 valence electrons. The molecule has 0 unspecified atom stereocenters. The van der Waals surface area contributed by atoms with Gasteiger partial charge >= 0.3 is 0 Å². The van der Waals surface area contributed by atoms with Crippen molar-refractivity contribution in [3.05, 3.63) is 35.4 Å². The monoisotopic (exact) mass is 408 g/mol. The predicted molar refractivity (Wildman–Crippen MR) is 108 cm³/mol. The number of pyridine rings is 1. The van der Waals surface area contributed by atoms with Crippen LogP contribution in [0.1, 0.15) is 17.5 Å². The molecule has 7 nitrogen and oxygen atoms in total. The third-order valence-electron chi connectivity index (χ3n) is 4.95. The number of nitriles is 2. The van der Waals surface area contributed by atoms with Gasteiger partial charge < -0.3 is 19.9 Å². The molecule has 3 heterocycles. The second-order valence-corrected chi connectivity index (χ2v) is 7.99. The molecule has 2 saturated heterocycles. The van der Waals surface area contributed by atoms with Crippen LogP contribution in [0, 0.1) is 28.6 Å². The Morgan fingerprint density at radius 1 is 1.17 bits per heavy atom. The first kappa shape index (κ1) is 19.5. The Morgan fingerprint density at radius 3 is 2.45 bits per heavy atom. The molecule has 0 bridgehead atoms. The van der Waals surface area contributed by atoms with E-state index in [0.717, 1.165) is 37.6 Å². The summed E-state index contributed by atoms with van der Waals surface area (Å²) in [5.74, 6) is 2.09. The van der Waals surface area contributed by atoms with Gasteiger partial charge in [0.1, 0.15) is 40.9 Å².